The fourth-order valence-electron chi connectivity index (χ4n) is 1.35. The molecule has 84 valence electrons. The molecule has 3 N–H and O–H groups in total. The zero-order valence-electron chi connectivity index (χ0n) is 8.47. The molecule has 0 saturated heterocycles. The molecular weight excluding hydrogens is 210 g/mol. The van der Waals surface area contributed by atoms with E-state index in [1.54, 1.807) is 0 Å². The number of nitrogens with one attached hydrogen (secondary N) is 1. The first-order valence-electron chi connectivity index (χ1n) is 4.92. The van der Waals surface area contributed by atoms with Crippen molar-refractivity contribution in [2.24, 2.45) is 5.92 Å². The molecule has 1 aromatic carbocycles. The van der Waals surface area contributed by atoms with Crippen molar-refractivity contribution in [2.45, 2.75) is 12.8 Å². The molecule has 1 aromatic rings. The van der Waals surface area contributed by atoms with Crippen LogP contribution in [0, 0.1) is 16.0 Å². The van der Waals surface area contributed by atoms with Crippen LogP contribution in [0.3, 0.4) is 0 Å². The molecule has 1 aliphatic carbocycles. The number of carbonyl (C=O) groups excluding carboxylic acids is 1. The van der Waals surface area contributed by atoms with Gasteiger partial charge in [0.05, 0.1) is 16.3 Å². The molecule has 0 unspecified atom stereocenters. The molecule has 16 heavy (non-hydrogen) atoms. The van der Waals surface area contributed by atoms with Gasteiger partial charge in [0.1, 0.15) is 0 Å². The number of non-ortho nitro benzene ring substituents is 1. The summed E-state index contributed by atoms with van der Waals surface area (Å²) in [7, 11) is 0. The lowest BCUT2D eigenvalue weighted by Gasteiger charge is -2.06. The lowest BCUT2D eigenvalue weighted by molar-refractivity contribution is -0.384. The van der Waals surface area contributed by atoms with Crippen LogP contribution in [0.4, 0.5) is 17.1 Å². The van der Waals surface area contributed by atoms with Crippen molar-refractivity contribution in [3.05, 3.63) is 28.3 Å². The van der Waals surface area contributed by atoms with E-state index in [0.717, 1.165) is 12.8 Å². The summed E-state index contributed by atoms with van der Waals surface area (Å²) in [5, 5.41) is 13.1. The largest absolute Gasteiger partial charge is 0.397 e. The van der Waals surface area contributed by atoms with Gasteiger partial charge in [-0.05, 0) is 18.9 Å². The molecule has 0 spiro atoms. The first-order chi connectivity index (χ1) is 7.58. The van der Waals surface area contributed by atoms with Gasteiger partial charge in [0, 0.05) is 18.1 Å². The maximum Gasteiger partial charge on any atom is 0.271 e. The number of anilines is 2. The number of nitro groups is 1. The fourth-order valence-corrected chi connectivity index (χ4v) is 1.35. The Bertz CT molecular complexity index is 455. The van der Waals surface area contributed by atoms with Gasteiger partial charge in [0.25, 0.3) is 5.69 Å². The number of hydrogen-bond donors (Lipinski definition) is 2. The first-order valence-corrected chi connectivity index (χ1v) is 4.92. The summed E-state index contributed by atoms with van der Waals surface area (Å²) in [6.45, 7) is 0. The van der Waals surface area contributed by atoms with Crippen LogP contribution in [-0.4, -0.2) is 10.8 Å². The second-order valence-corrected chi connectivity index (χ2v) is 3.79. The monoisotopic (exact) mass is 221 g/mol. The van der Waals surface area contributed by atoms with Gasteiger partial charge in [0.2, 0.25) is 5.91 Å². The molecular formula is C10H11N3O3. The van der Waals surface area contributed by atoms with Crippen molar-refractivity contribution < 1.29 is 9.72 Å². The number of nitro benzene ring substituents is 1. The van der Waals surface area contributed by atoms with Crippen LogP contribution in [-0.2, 0) is 4.79 Å². The van der Waals surface area contributed by atoms with Crippen molar-refractivity contribution in [1.82, 2.24) is 0 Å². The van der Waals surface area contributed by atoms with Gasteiger partial charge in [-0.1, -0.05) is 0 Å². The Labute approximate surface area is 91.6 Å². The zero-order valence-corrected chi connectivity index (χ0v) is 8.47. The third-order valence-corrected chi connectivity index (χ3v) is 2.45. The number of nitrogens with two attached hydrogens (primary N) is 1. The van der Waals surface area contributed by atoms with E-state index in [4.69, 9.17) is 5.73 Å². The maximum atomic E-state index is 11.5. The Balaban J connectivity index is 2.20. The Morgan fingerprint density at radius 2 is 2.19 bits per heavy atom. The number of nitrogen functional groups attached to an aromatic ring is 1. The quantitative estimate of drug-likeness (QED) is 0.459. The van der Waals surface area contributed by atoms with Crippen LogP contribution in [0.1, 0.15) is 12.8 Å². The minimum Gasteiger partial charge on any atom is -0.397 e. The molecule has 1 aliphatic rings. The maximum absolute atomic E-state index is 11.5. The minimum absolute atomic E-state index is 0.0404. The summed E-state index contributed by atoms with van der Waals surface area (Å²) in [6.07, 6.45) is 1.75. The zero-order chi connectivity index (χ0) is 11.7. The van der Waals surface area contributed by atoms with Crippen molar-refractivity contribution in [1.29, 1.82) is 0 Å². The minimum atomic E-state index is -0.522. The number of hydrogen-bond acceptors (Lipinski definition) is 4. The van der Waals surface area contributed by atoms with E-state index < -0.39 is 4.92 Å². The predicted octanol–water partition coefficient (Wildman–Crippen LogP) is 1.53. The predicted molar refractivity (Wildman–Crippen MR) is 58.9 cm³/mol. The molecule has 6 nitrogen and oxygen atoms in total. The Kier molecular flexibility index (Phi) is 2.47. The van der Waals surface area contributed by atoms with Gasteiger partial charge in [-0.15, -0.1) is 0 Å². The highest BCUT2D eigenvalue weighted by Gasteiger charge is 2.30. The number of amides is 1. The summed E-state index contributed by atoms with van der Waals surface area (Å²) in [6, 6.07) is 4.00. The van der Waals surface area contributed by atoms with E-state index in [1.807, 2.05) is 0 Å². The van der Waals surface area contributed by atoms with Gasteiger partial charge < -0.3 is 11.1 Å². The van der Waals surface area contributed by atoms with Gasteiger partial charge in [0.15, 0.2) is 0 Å². The third kappa shape index (κ3) is 2.10. The Morgan fingerprint density at radius 1 is 1.50 bits per heavy atom. The molecule has 0 radical (unpaired) electrons. The molecule has 1 saturated carbocycles. The van der Waals surface area contributed by atoms with Crippen LogP contribution in [0.15, 0.2) is 18.2 Å². The average molecular weight is 221 g/mol. The van der Waals surface area contributed by atoms with Gasteiger partial charge >= 0.3 is 0 Å². The number of nitrogens with zero attached hydrogens (tertiary/aromatic N) is 1. The summed E-state index contributed by atoms with van der Waals surface area (Å²) in [5.74, 6) is -0.0779. The van der Waals surface area contributed by atoms with Crippen LogP contribution >= 0.6 is 0 Å². The molecule has 0 bridgehead atoms. The summed E-state index contributed by atoms with van der Waals surface area (Å²) < 4.78 is 0. The molecule has 0 heterocycles. The van der Waals surface area contributed by atoms with Crippen molar-refractivity contribution in [3.63, 3.8) is 0 Å². The lowest BCUT2D eigenvalue weighted by atomic mass is 10.2. The van der Waals surface area contributed by atoms with Crippen LogP contribution in [0.2, 0.25) is 0 Å². The van der Waals surface area contributed by atoms with Crippen molar-refractivity contribution in [2.75, 3.05) is 11.1 Å². The van der Waals surface area contributed by atoms with Gasteiger partial charge in [-0.3, -0.25) is 14.9 Å². The number of carbonyl (C=O) groups is 1. The molecule has 2 rings (SSSR count). The molecule has 1 amide bonds. The topological polar surface area (TPSA) is 98.3 Å². The van der Waals surface area contributed by atoms with Crippen molar-refractivity contribution >= 4 is 23.0 Å². The van der Waals surface area contributed by atoms with E-state index in [0.29, 0.717) is 11.4 Å². The summed E-state index contributed by atoms with van der Waals surface area (Å²) in [5.41, 5.74) is 6.18. The average Bonchev–Trinajstić information content (AvgIpc) is 3.04. The number of rotatable bonds is 3. The molecule has 1 fully saturated rings. The van der Waals surface area contributed by atoms with E-state index in [1.165, 1.54) is 18.2 Å². The molecule has 0 aliphatic heterocycles. The molecule has 0 aromatic heterocycles. The normalized spacial score (nSPS) is 14.5. The standard InChI is InChI=1S/C10H11N3O3/c11-8-4-3-7(13(15)16)5-9(8)12-10(14)6-1-2-6/h3-6H,1-2,11H2,(H,12,14). The SMILES string of the molecule is Nc1ccc([N+](=O)[O-])cc1NC(=O)C1CC1. The highest BCUT2D eigenvalue weighted by Crippen LogP contribution is 2.32. The lowest BCUT2D eigenvalue weighted by Crippen LogP contribution is -2.14. The summed E-state index contributed by atoms with van der Waals surface area (Å²) in [4.78, 5) is 21.5. The van der Waals surface area contributed by atoms with Crippen LogP contribution < -0.4 is 11.1 Å². The van der Waals surface area contributed by atoms with Gasteiger partial charge in [-0.2, -0.15) is 0 Å². The molecule has 0 atom stereocenters. The van der Waals surface area contributed by atoms with E-state index >= 15 is 0 Å². The highest BCUT2D eigenvalue weighted by molar-refractivity contribution is 5.97. The van der Waals surface area contributed by atoms with E-state index in [-0.39, 0.29) is 17.5 Å². The first kappa shape index (κ1) is 10.4. The van der Waals surface area contributed by atoms with Gasteiger partial charge in [-0.25, -0.2) is 0 Å². The smallest absolute Gasteiger partial charge is 0.271 e. The Hall–Kier alpha value is -2.11. The van der Waals surface area contributed by atoms with Crippen LogP contribution in [0.25, 0.3) is 0 Å². The second kappa shape index (κ2) is 3.80. The highest BCUT2D eigenvalue weighted by atomic mass is 16.6. The fraction of sp³-hybridized carbons (Fsp3) is 0.300. The summed E-state index contributed by atoms with van der Waals surface area (Å²) >= 11 is 0. The third-order valence-electron chi connectivity index (χ3n) is 2.45. The number of benzene rings is 1. The second-order valence-electron chi connectivity index (χ2n) is 3.79. The Morgan fingerprint density at radius 3 is 2.75 bits per heavy atom. The van der Waals surface area contributed by atoms with Crippen LogP contribution in [0.5, 0.6) is 0 Å². The van der Waals surface area contributed by atoms with E-state index in [9.17, 15) is 14.9 Å². The molecule has 6 heteroatoms. The van der Waals surface area contributed by atoms with E-state index in [2.05, 4.69) is 5.32 Å². The van der Waals surface area contributed by atoms with Crippen molar-refractivity contribution in [3.8, 4) is 0 Å².